The van der Waals surface area contributed by atoms with E-state index >= 15 is 0 Å². The van der Waals surface area contributed by atoms with Crippen molar-refractivity contribution in [1.29, 1.82) is 0 Å². The average Bonchev–Trinajstić information content (AvgIpc) is 3.44. The molecular weight excluding hydrogens is 539 g/mol. The van der Waals surface area contributed by atoms with Crippen LogP contribution in [-0.4, -0.2) is 37.8 Å². The summed E-state index contributed by atoms with van der Waals surface area (Å²) in [6.07, 6.45) is -4.76. The van der Waals surface area contributed by atoms with E-state index in [2.05, 4.69) is 5.10 Å². The predicted octanol–water partition coefficient (Wildman–Crippen LogP) is 7.07. The molecule has 0 fully saturated rings. The number of hydrogen-bond acceptors (Lipinski definition) is 5. The van der Waals surface area contributed by atoms with Crippen LogP contribution in [0.3, 0.4) is 0 Å². The molecule has 1 aliphatic rings. The molecule has 0 radical (unpaired) electrons. The lowest BCUT2D eigenvalue weighted by Gasteiger charge is -2.36. The lowest BCUT2D eigenvalue weighted by atomic mass is 10.1. The molecule has 0 aliphatic carbocycles. The van der Waals surface area contributed by atoms with Crippen LogP contribution in [0.25, 0.3) is 5.69 Å². The molecule has 7 nitrogen and oxygen atoms in total. The van der Waals surface area contributed by atoms with Crippen LogP contribution in [0.1, 0.15) is 42.5 Å². The number of hydrogen-bond donors (Lipinski definition) is 0. The molecular formula is C26H29ClF3N3O4Si. The number of ether oxygens (including phenoxy) is 2. The van der Waals surface area contributed by atoms with Crippen molar-refractivity contribution in [1.82, 2.24) is 9.78 Å². The molecule has 3 aromatic rings. The van der Waals surface area contributed by atoms with E-state index in [-0.39, 0.29) is 41.3 Å². The number of amides is 1. The van der Waals surface area contributed by atoms with E-state index < -0.39 is 25.2 Å². The third-order valence-electron chi connectivity index (χ3n) is 6.95. The Morgan fingerprint density at radius 1 is 1.13 bits per heavy atom. The summed E-state index contributed by atoms with van der Waals surface area (Å²) in [5.74, 6) is 0.729. The fraction of sp³-hybridized carbons (Fsp3) is 0.385. The molecule has 1 amide bonds. The minimum Gasteiger partial charge on any atom is -0.454 e. The number of rotatable bonds is 6. The largest absolute Gasteiger partial charge is 0.454 e. The number of aromatic nitrogens is 2. The van der Waals surface area contributed by atoms with Crippen LogP contribution in [0.5, 0.6) is 11.5 Å². The first-order chi connectivity index (χ1) is 17.6. The van der Waals surface area contributed by atoms with E-state index in [4.69, 9.17) is 25.5 Å². The Hall–Kier alpha value is -3.02. The monoisotopic (exact) mass is 567 g/mol. The summed E-state index contributed by atoms with van der Waals surface area (Å²) in [6.45, 7) is 10.0. The summed E-state index contributed by atoms with van der Waals surface area (Å²) >= 11 is 6.22. The zero-order valence-electron chi connectivity index (χ0n) is 21.9. The quantitative estimate of drug-likeness (QED) is 0.298. The van der Waals surface area contributed by atoms with E-state index in [9.17, 15) is 18.0 Å². The van der Waals surface area contributed by atoms with Crippen LogP contribution in [0, 0.1) is 0 Å². The molecule has 0 unspecified atom stereocenters. The smallest absolute Gasteiger partial charge is 0.436 e. The summed E-state index contributed by atoms with van der Waals surface area (Å²) in [7, 11) is -0.726. The summed E-state index contributed by atoms with van der Waals surface area (Å²) in [5, 5.41) is 3.11. The van der Waals surface area contributed by atoms with Gasteiger partial charge in [0.1, 0.15) is 0 Å². The highest BCUT2D eigenvalue weighted by molar-refractivity contribution is 6.74. The minimum atomic E-state index is -4.76. The predicted molar refractivity (Wildman–Crippen MR) is 141 cm³/mol. The Kier molecular flexibility index (Phi) is 7.32. The Bertz CT molecular complexity index is 1370. The molecule has 0 N–H and O–H groups in total. The van der Waals surface area contributed by atoms with E-state index in [1.54, 1.807) is 43.4 Å². The van der Waals surface area contributed by atoms with Gasteiger partial charge in [0.2, 0.25) is 6.79 Å². The van der Waals surface area contributed by atoms with Crippen LogP contribution in [0.4, 0.5) is 18.9 Å². The maximum Gasteiger partial charge on any atom is 0.436 e. The van der Waals surface area contributed by atoms with Crippen molar-refractivity contribution in [2.45, 2.75) is 51.7 Å². The second-order valence-electron chi connectivity index (χ2n) is 10.5. The summed E-state index contributed by atoms with van der Waals surface area (Å²) in [6, 6.07) is 11.3. The van der Waals surface area contributed by atoms with Gasteiger partial charge < -0.3 is 18.8 Å². The third-order valence-corrected chi connectivity index (χ3v) is 11.8. The molecule has 4 rings (SSSR count). The van der Waals surface area contributed by atoms with Gasteiger partial charge in [-0.2, -0.15) is 18.3 Å². The van der Waals surface area contributed by atoms with Gasteiger partial charge >= 0.3 is 6.18 Å². The number of nitrogens with zero attached hydrogens (tertiary/aromatic N) is 3. The van der Waals surface area contributed by atoms with Crippen molar-refractivity contribution in [2.75, 3.05) is 18.7 Å². The topological polar surface area (TPSA) is 65.8 Å². The first-order valence-electron chi connectivity index (χ1n) is 11.9. The van der Waals surface area contributed by atoms with Gasteiger partial charge in [-0.1, -0.05) is 38.4 Å². The normalized spacial score (nSPS) is 13.6. The van der Waals surface area contributed by atoms with Gasteiger partial charge in [-0.3, -0.25) is 4.79 Å². The second kappa shape index (κ2) is 9.94. The zero-order chi connectivity index (χ0) is 28.0. The maximum absolute atomic E-state index is 13.7. The Morgan fingerprint density at radius 3 is 2.47 bits per heavy atom. The van der Waals surface area contributed by atoms with Gasteiger partial charge in [0, 0.05) is 24.4 Å². The van der Waals surface area contributed by atoms with Crippen molar-refractivity contribution in [3.63, 3.8) is 0 Å². The van der Waals surface area contributed by atoms with Crippen molar-refractivity contribution in [2.24, 2.45) is 0 Å². The average molecular weight is 568 g/mol. The lowest BCUT2D eigenvalue weighted by molar-refractivity contribution is -0.141. The fourth-order valence-corrected chi connectivity index (χ4v) is 4.80. The molecule has 12 heteroatoms. The summed E-state index contributed by atoms with van der Waals surface area (Å²) in [4.78, 5) is 14.7. The molecule has 0 bridgehead atoms. The SMILES string of the molecule is CN(C(=O)c1cccc(-n2nc(C(F)(F)F)c(Cl)c2CO[Si](C)(C)C(C)(C)C)c1)c1ccc2c(c1)OCO2. The summed E-state index contributed by atoms with van der Waals surface area (Å²) < 4.78 is 59.2. The van der Waals surface area contributed by atoms with Gasteiger partial charge in [0.05, 0.1) is 23.0 Å². The Morgan fingerprint density at radius 2 is 1.82 bits per heavy atom. The van der Waals surface area contributed by atoms with Crippen molar-refractivity contribution in [3.05, 3.63) is 64.4 Å². The van der Waals surface area contributed by atoms with Crippen molar-refractivity contribution in [3.8, 4) is 17.2 Å². The van der Waals surface area contributed by atoms with E-state index in [0.29, 0.717) is 17.2 Å². The van der Waals surface area contributed by atoms with E-state index in [1.807, 2.05) is 33.9 Å². The standard InChI is InChI=1S/C26H29ClF3N3O4Si/c1-25(2,3)38(5,6)37-14-19-22(27)23(26(28,29)30)31-33(19)18-9-7-8-16(12-18)24(34)32(4)17-10-11-20-21(13-17)36-15-35-20/h7-13H,14-15H2,1-6H3. The van der Waals surface area contributed by atoms with Crippen LogP contribution in [0.2, 0.25) is 23.2 Å². The van der Waals surface area contributed by atoms with Crippen molar-refractivity contribution >= 4 is 31.5 Å². The maximum atomic E-state index is 13.7. The minimum absolute atomic E-state index is 0.0672. The molecule has 0 atom stereocenters. The highest BCUT2D eigenvalue weighted by Crippen LogP contribution is 2.40. The second-order valence-corrected chi connectivity index (χ2v) is 15.7. The van der Waals surface area contributed by atoms with Crippen LogP contribution in [0.15, 0.2) is 42.5 Å². The number of benzene rings is 2. The number of carbonyl (C=O) groups is 1. The fourth-order valence-electron chi connectivity index (χ4n) is 3.59. The molecule has 204 valence electrons. The molecule has 2 heterocycles. The molecule has 1 aliphatic heterocycles. The van der Waals surface area contributed by atoms with Crippen LogP contribution < -0.4 is 14.4 Å². The highest BCUT2D eigenvalue weighted by Gasteiger charge is 2.41. The number of carbonyl (C=O) groups excluding carboxylic acids is 1. The van der Waals surface area contributed by atoms with Gasteiger partial charge in [-0.25, -0.2) is 4.68 Å². The number of alkyl halides is 3. The first kappa shape index (κ1) is 28.0. The van der Waals surface area contributed by atoms with E-state index in [0.717, 1.165) is 4.68 Å². The van der Waals surface area contributed by atoms with E-state index in [1.165, 1.54) is 11.0 Å². The third kappa shape index (κ3) is 5.41. The lowest BCUT2D eigenvalue weighted by Crippen LogP contribution is -2.40. The summed E-state index contributed by atoms with van der Waals surface area (Å²) in [5.41, 5.74) is -0.0744. The number of halogens is 4. The molecule has 38 heavy (non-hydrogen) atoms. The number of fused-ring (bicyclic) bond motifs is 1. The van der Waals surface area contributed by atoms with Crippen LogP contribution in [-0.2, 0) is 17.2 Å². The highest BCUT2D eigenvalue weighted by atomic mass is 35.5. The van der Waals surface area contributed by atoms with Gasteiger partial charge in [0.15, 0.2) is 25.5 Å². The van der Waals surface area contributed by atoms with Crippen LogP contribution >= 0.6 is 11.6 Å². The Balaban J connectivity index is 1.69. The molecule has 1 aromatic heterocycles. The molecule has 0 saturated carbocycles. The van der Waals surface area contributed by atoms with Crippen molar-refractivity contribution < 1.29 is 31.9 Å². The van der Waals surface area contributed by atoms with Gasteiger partial charge in [0.25, 0.3) is 5.91 Å². The molecule has 2 aromatic carbocycles. The molecule has 0 spiro atoms. The number of anilines is 1. The zero-order valence-corrected chi connectivity index (χ0v) is 23.7. The van der Waals surface area contributed by atoms with Gasteiger partial charge in [-0.05, 0) is 48.5 Å². The molecule has 0 saturated heterocycles. The first-order valence-corrected chi connectivity index (χ1v) is 15.2. The van der Waals surface area contributed by atoms with Gasteiger partial charge in [-0.15, -0.1) is 0 Å². The Labute approximate surface area is 225 Å².